The first kappa shape index (κ1) is 13.2. The Morgan fingerprint density at radius 3 is 2.57 bits per heavy atom. The number of pyridine rings is 1. The summed E-state index contributed by atoms with van der Waals surface area (Å²) >= 11 is 0. The Morgan fingerprint density at radius 1 is 1.14 bits per heavy atom. The summed E-state index contributed by atoms with van der Waals surface area (Å²) in [7, 11) is 2.20. The monoisotopic (exact) mass is 282 g/mol. The van der Waals surface area contributed by atoms with Crippen molar-refractivity contribution in [2.24, 2.45) is 0 Å². The highest BCUT2D eigenvalue weighted by atomic mass is 16.3. The van der Waals surface area contributed by atoms with Crippen LogP contribution in [0.15, 0.2) is 30.3 Å². The van der Waals surface area contributed by atoms with Crippen molar-refractivity contribution in [2.75, 3.05) is 7.05 Å². The molecular weight excluding hydrogens is 260 g/mol. The average molecular weight is 282 g/mol. The number of aryl methyl sites for hydroxylation is 1. The van der Waals surface area contributed by atoms with Gasteiger partial charge in [-0.25, -0.2) is 0 Å². The summed E-state index contributed by atoms with van der Waals surface area (Å²) in [5.41, 5.74) is 2.44. The van der Waals surface area contributed by atoms with Gasteiger partial charge in [-0.1, -0.05) is 12.1 Å². The van der Waals surface area contributed by atoms with Gasteiger partial charge in [0.2, 0.25) is 0 Å². The lowest BCUT2D eigenvalue weighted by Gasteiger charge is -2.42. The SMILES string of the molecule is Cc1ccc2cc(C3(O)CC4CCC(C3)N4C)ccc2n1. The minimum atomic E-state index is -0.669. The normalized spacial score (nSPS) is 32.7. The summed E-state index contributed by atoms with van der Waals surface area (Å²) in [6.45, 7) is 2.01. The maximum Gasteiger partial charge on any atom is 0.0926 e. The van der Waals surface area contributed by atoms with Crippen molar-refractivity contribution in [1.29, 1.82) is 0 Å². The van der Waals surface area contributed by atoms with Gasteiger partial charge in [0.15, 0.2) is 0 Å². The Bertz CT molecular complexity index is 683. The Labute approximate surface area is 125 Å². The van der Waals surface area contributed by atoms with Crippen LogP contribution >= 0.6 is 0 Å². The van der Waals surface area contributed by atoms with Crippen molar-refractivity contribution in [3.05, 3.63) is 41.6 Å². The second kappa shape index (κ2) is 4.52. The van der Waals surface area contributed by atoms with Crippen LogP contribution in [0, 0.1) is 6.92 Å². The third kappa shape index (κ3) is 2.07. The maximum atomic E-state index is 11.2. The van der Waals surface area contributed by atoms with Gasteiger partial charge < -0.3 is 10.0 Å². The number of benzene rings is 1. The van der Waals surface area contributed by atoms with Gasteiger partial charge in [-0.05, 0) is 63.4 Å². The summed E-state index contributed by atoms with van der Waals surface area (Å²) in [6, 6.07) is 11.5. The fourth-order valence-electron chi connectivity index (χ4n) is 4.20. The van der Waals surface area contributed by atoms with Crippen molar-refractivity contribution in [2.45, 2.75) is 50.3 Å². The highest BCUT2D eigenvalue weighted by Gasteiger charge is 2.46. The van der Waals surface area contributed by atoms with E-state index in [2.05, 4.69) is 41.2 Å². The topological polar surface area (TPSA) is 36.4 Å². The highest BCUT2D eigenvalue weighted by Crippen LogP contribution is 2.45. The largest absolute Gasteiger partial charge is 0.385 e. The number of piperidine rings is 1. The number of nitrogens with zero attached hydrogens (tertiary/aromatic N) is 2. The van der Waals surface area contributed by atoms with E-state index in [0.29, 0.717) is 12.1 Å². The molecule has 110 valence electrons. The number of aromatic nitrogens is 1. The molecule has 0 amide bonds. The number of rotatable bonds is 1. The lowest BCUT2D eigenvalue weighted by atomic mass is 9.80. The zero-order chi connectivity index (χ0) is 14.6. The minimum absolute atomic E-state index is 0.528. The molecule has 2 saturated heterocycles. The van der Waals surface area contributed by atoms with Gasteiger partial charge in [0.25, 0.3) is 0 Å². The molecule has 2 atom stereocenters. The zero-order valence-electron chi connectivity index (χ0n) is 12.7. The second-order valence-corrected chi connectivity index (χ2v) is 6.85. The van der Waals surface area contributed by atoms with E-state index in [1.165, 1.54) is 12.8 Å². The first-order chi connectivity index (χ1) is 10.0. The number of hydrogen-bond donors (Lipinski definition) is 1. The van der Waals surface area contributed by atoms with Crippen LogP contribution in [-0.4, -0.2) is 34.1 Å². The smallest absolute Gasteiger partial charge is 0.0926 e. The molecule has 21 heavy (non-hydrogen) atoms. The first-order valence-electron chi connectivity index (χ1n) is 7.87. The van der Waals surface area contributed by atoms with E-state index in [1.807, 2.05) is 13.0 Å². The number of aliphatic hydroxyl groups is 1. The molecule has 2 unspecified atom stereocenters. The Hall–Kier alpha value is -1.45. The van der Waals surface area contributed by atoms with Gasteiger partial charge in [-0.2, -0.15) is 0 Å². The lowest BCUT2D eigenvalue weighted by Crippen LogP contribution is -2.47. The molecule has 3 heteroatoms. The quantitative estimate of drug-likeness (QED) is 0.873. The van der Waals surface area contributed by atoms with E-state index in [9.17, 15) is 5.11 Å². The van der Waals surface area contributed by atoms with Crippen LogP contribution in [0.2, 0.25) is 0 Å². The zero-order valence-corrected chi connectivity index (χ0v) is 12.7. The van der Waals surface area contributed by atoms with E-state index in [0.717, 1.165) is 35.0 Å². The molecule has 1 aromatic heterocycles. The maximum absolute atomic E-state index is 11.2. The molecule has 2 aliphatic rings. The van der Waals surface area contributed by atoms with Crippen LogP contribution in [0.3, 0.4) is 0 Å². The van der Waals surface area contributed by atoms with Gasteiger partial charge >= 0.3 is 0 Å². The molecule has 1 aromatic carbocycles. The number of fused-ring (bicyclic) bond motifs is 3. The van der Waals surface area contributed by atoms with Crippen molar-refractivity contribution in [3.63, 3.8) is 0 Å². The molecule has 0 aliphatic carbocycles. The molecule has 2 aliphatic heterocycles. The van der Waals surface area contributed by atoms with Gasteiger partial charge in [0, 0.05) is 23.2 Å². The van der Waals surface area contributed by atoms with Crippen molar-refractivity contribution < 1.29 is 5.11 Å². The third-order valence-electron chi connectivity index (χ3n) is 5.50. The fraction of sp³-hybridized carbons (Fsp3) is 0.500. The predicted octanol–water partition coefficient (Wildman–Crippen LogP) is 2.99. The van der Waals surface area contributed by atoms with Gasteiger partial charge in [-0.15, -0.1) is 0 Å². The molecule has 0 saturated carbocycles. The second-order valence-electron chi connectivity index (χ2n) is 6.85. The molecule has 1 N–H and O–H groups in total. The van der Waals surface area contributed by atoms with E-state index in [-0.39, 0.29) is 0 Å². The van der Waals surface area contributed by atoms with Crippen LogP contribution in [0.1, 0.15) is 36.9 Å². The van der Waals surface area contributed by atoms with E-state index in [1.54, 1.807) is 0 Å². The van der Waals surface area contributed by atoms with Gasteiger partial charge in [-0.3, -0.25) is 4.98 Å². The molecule has 2 aromatic rings. The van der Waals surface area contributed by atoms with E-state index < -0.39 is 5.60 Å². The Balaban J connectivity index is 1.74. The molecular formula is C18H22N2O. The Kier molecular flexibility index (Phi) is 2.85. The van der Waals surface area contributed by atoms with Crippen LogP contribution < -0.4 is 0 Å². The van der Waals surface area contributed by atoms with Crippen LogP contribution in [-0.2, 0) is 5.60 Å². The molecule has 3 heterocycles. The van der Waals surface area contributed by atoms with Crippen molar-refractivity contribution >= 4 is 10.9 Å². The van der Waals surface area contributed by atoms with Gasteiger partial charge in [0.1, 0.15) is 0 Å². The van der Waals surface area contributed by atoms with Crippen molar-refractivity contribution in [3.8, 4) is 0 Å². The minimum Gasteiger partial charge on any atom is -0.385 e. The predicted molar refractivity (Wildman–Crippen MR) is 84.2 cm³/mol. The lowest BCUT2D eigenvalue weighted by molar-refractivity contribution is -0.0492. The molecule has 4 rings (SSSR count). The summed E-state index contributed by atoms with van der Waals surface area (Å²) in [6.07, 6.45) is 4.14. The molecule has 0 spiro atoms. The van der Waals surface area contributed by atoms with Gasteiger partial charge in [0.05, 0.1) is 11.1 Å². The highest BCUT2D eigenvalue weighted by molar-refractivity contribution is 5.79. The average Bonchev–Trinajstić information content (AvgIpc) is 2.70. The van der Waals surface area contributed by atoms with Crippen molar-refractivity contribution in [1.82, 2.24) is 9.88 Å². The first-order valence-corrected chi connectivity index (χ1v) is 7.87. The summed E-state index contributed by atoms with van der Waals surface area (Å²) in [5, 5.41) is 12.3. The molecule has 2 bridgehead atoms. The molecule has 3 nitrogen and oxygen atoms in total. The fourth-order valence-corrected chi connectivity index (χ4v) is 4.20. The molecule has 0 radical (unpaired) electrons. The molecule has 2 fully saturated rings. The number of hydrogen-bond acceptors (Lipinski definition) is 3. The summed E-state index contributed by atoms with van der Waals surface area (Å²) < 4.78 is 0. The van der Waals surface area contributed by atoms with Crippen LogP contribution in [0.4, 0.5) is 0 Å². The van der Waals surface area contributed by atoms with E-state index >= 15 is 0 Å². The summed E-state index contributed by atoms with van der Waals surface area (Å²) in [5.74, 6) is 0. The van der Waals surface area contributed by atoms with Crippen LogP contribution in [0.5, 0.6) is 0 Å². The van der Waals surface area contributed by atoms with Crippen LogP contribution in [0.25, 0.3) is 10.9 Å². The third-order valence-corrected chi connectivity index (χ3v) is 5.50. The Morgan fingerprint density at radius 2 is 1.86 bits per heavy atom. The standard InChI is InChI=1S/C18H22N2O/c1-12-3-4-13-9-14(5-8-17(13)19-12)18(21)10-15-6-7-16(11-18)20(15)2/h3-5,8-9,15-16,21H,6-7,10-11H2,1-2H3. The van der Waals surface area contributed by atoms with E-state index in [4.69, 9.17) is 0 Å². The summed E-state index contributed by atoms with van der Waals surface area (Å²) in [4.78, 5) is 7.01.